The zero-order valence-corrected chi connectivity index (χ0v) is 13.5. The summed E-state index contributed by atoms with van der Waals surface area (Å²) >= 11 is 0. The van der Waals surface area contributed by atoms with E-state index < -0.39 is 6.10 Å². The summed E-state index contributed by atoms with van der Waals surface area (Å²) in [6.07, 6.45) is 2.74. The summed E-state index contributed by atoms with van der Waals surface area (Å²) in [6, 6.07) is 0.0539. The largest absolute Gasteiger partial charge is 0.440 e. The predicted molar refractivity (Wildman–Crippen MR) is 83.1 cm³/mol. The molecule has 2 aliphatic rings. The van der Waals surface area contributed by atoms with Crippen LogP contribution in [-0.2, 0) is 19.0 Å². The van der Waals surface area contributed by atoms with E-state index in [1.54, 1.807) is 11.0 Å². The molecular weight excluding hydrogens is 302 g/mol. The van der Waals surface area contributed by atoms with Gasteiger partial charge in [-0.05, 0) is 19.2 Å². The number of hydrogen-bond donors (Lipinski definition) is 1. The molecule has 1 N–H and O–H groups in total. The van der Waals surface area contributed by atoms with Gasteiger partial charge in [0, 0.05) is 32.7 Å². The average Bonchev–Trinajstić information content (AvgIpc) is 2.58. The Labute approximate surface area is 136 Å². The molecule has 0 spiro atoms. The number of aldehydes is 1. The summed E-state index contributed by atoms with van der Waals surface area (Å²) < 4.78 is 15.9. The molecule has 0 radical (unpaired) electrons. The second-order valence-corrected chi connectivity index (χ2v) is 5.70. The van der Waals surface area contributed by atoms with Crippen molar-refractivity contribution >= 4 is 12.4 Å². The van der Waals surface area contributed by atoms with Gasteiger partial charge in [0.25, 0.3) is 0 Å². The second-order valence-electron chi connectivity index (χ2n) is 5.70. The van der Waals surface area contributed by atoms with Gasteiger partial charge in [-0.2, -0.15) is 0 Å². The zero-order chi connectivity index (χ0) is 16.5. The topological polar surface area (TPSA) is 80.3 Å². The Morgan fingerprint density at radius 3 is 2.65 bits per heavy atom. The third kappa shape index (κ3) is 6.26. The maximum Gasteiger partial charge on any atom is 0.410 e. The smallest absolute Gasteiger partial charge is 0.410 e. The number of ether oxygens (including phenoxy) is 3. The van der Waals surface area contributed by atoms with E-state index in [1.165, 1.54) is 6.08 Å². The molecule has 0 aromatic heterocycles. The van der Waals surface area contributed by atoms with E-state index in [4.69, 9.17) is 14.2 Å². The summed E-state index contributed by atoms with van der Waals surface area (Å²) in [5.41, 5.74) is 0. The number of carbonyl (C=O) groups is 2. The molecule has 1 unspecified atom stereocenters. The van der Waals surface area contributed by atoms with Crippen LogP contribution in [0.1, 0.15) is 0 Å². The molecule has 0 aromatic rings. The molecule has 23 heavy (non-hydrogen) atoms. The third-order valence-corrected chi connectivity index (χ3v) is 3.83. The number of nitrogens with one attached hydrogen (secondary N) is 1. The highest BCUT2D eigenvalue weighted by atomic mass is 16.7. The Morgan fingerprint density at radius 2 is 2.00 bits per heavy atom. The first kappa shape index (κ1) is 17.9. The lowest BCUT2D eigenvalue weighted by Crippen LogP contribution is -2.49. The number of rotatable bonds is 6. The fraction of sp³-hybridized carbons (Fsp3) is 0.733. The van der Waals surface area contributed by atoms with Gasteiger partial charge in [-0.3, -0.25) is 4.79 Å². The van der Waals surface area contributed by atoms with Crippen molar-refractivity contribution in [1.29, 1.82) is 0 Å². The van der Waals surface area contributed by atoms with Crippen LogP contribution >= 0.6 is 0 Å². The molecule has 2 saturated heterocycles. The van der Waals surface area contributed by atoms with Crippen molar-refractivity contribution in [3.63, 3.8) is 0 Å². The summed E-state index contributed by atoms with van der Waals surface area (Å²) in [4.78, 5) is 26.6. The summed E-state index contributed by atoms with van der Waals surface area (Å²) in [5.74, 6) is 0. The first-order valence-electron chi connectivity index (χ1n) is 7.84. The van der Waals surface area contributed by atoms with Crippen molar-refractivity contribution in [2.45, 2.75) is 12.1 Å². The molecule has 8 heteroatoms. The van der Waals surface area contributed by atoms with Crippen LogP contribution in [0.15, 0.2) is 12.2 Å². The molecule has 2 heterocycles. The van der Waals surface area contributed by atoms with Crippen LogP contribution in [0, 0.1) is 0 Å². The Hall–Kier alpha value is -1.48. The van der Waals surface area contributed by atoms with Crippen molar-refractivity contribution in [2.24, 2.45) is 0 Å². The average molecular weight is 327 g/mol. The number of allylic oxidation sites excluding steroid dienone is 1. The third-order valence-electron chi connectivity index (χ3n) is 3.83. The van der Waals surface area contributed by atoms with Gasteiger partial charge in [-0.15, -0.1) is 0 Å². The predicted octanol–water partition coefficient (Wildman–Crippen LogP) is -0.543. The lowest BCUT2D eigenvalue weighted by Gasteiger charge is -2.32. The van der Waals surface area contributed by atoms with Gasteiger partial charge in [0.2, 0.25) is 0 Å². The van der Waals surface area contributed by atoms with Gasteiger partial charge in [0.1, 0.15) is 19.2 Å². The highest BCUT2D eigenvalue weighted by molar-refractivity contribution is 5.69. The van der Waals surface area contributed by atoms with E-state index in [2.05, 4.69) is 10.2 Å². The molecule has 2 rings (SSSR count). The Morgan fingerprint density at radius 1 is 1.30 bits per heavy atom. The van der Waals surface area contributed by atoms with Crippen LogP contribution in [0.5, 0.6) is 0 Å². The van der Waals surface area contributed by atoms with Crippen molar-refractivity contribution in [3.8, 4) is 0 Å². The Balaban J connectivity index is 1.80. The highest BCUT2D eigenvalue weighted by Crippen LogP contribution is 2.05. The molecule has 8 nitrogen and oxygen atoms in total. The van der Waals surface area contributed by atoms with Crippen LogP contribution in [-0.4, -0.2) is 94.1 Å². The normalized spacial score (nSPS) is 22.2. The minimum atomic E-state index is -0.505. The fourth-order valence-corrected chi connectivity index (χ4v) is 2.40. The molecule has 2 fully saturated rings. The molecule has 0 aromatic carbocycles. The Bertz CT molecular complexity index is 404. The lowest BCUT2D eigenvalue weighted by atomic mass is 10.2. The quantitative estimate of drug-likeness (QED) is 0.518. The molecule has 0 aliphatic carbocycles. The second kappa shape index (κ2) is 9.61. The first-order valence-corrected chi connectivity index (χ1v) is 7.84. The highest BCUT2D eigenvalue weighted by Gasteiger charge is 2.23. The van der Waals surface area contributed by atoms with Crippen LogP contribution in [0.3, 0.4) is 0 Å². The van der Waals surface area contributed by atoms with E-state index in [0.29, 0.717) is 45.9 Å². The SMILES string of the molecule is CN1CCN(C(=O)OC(C=CC=O)CNC2COCOC2)CC1. The van der Waals surface area contributed by atoms with Gasteiger partial charge in [0.05, 0.1) is 19.3 Å². The fourth-order valence-electron chi connectivity index (χ4n) is 2.40. The molecule has 130 valence electrons. The van der Waals surface area contributed by atoms with Crippen molar-refractivity contribution < 1.29 is 23.8 Å². The maximum atomic E-state index is 12.2. The van der Waals surface area contributed by atoms with Crippen LogP contribution in [0.4, 0.5) is 4.79 Å². The summed E-state index contributed by atoms with van der Waals surface area (Å²) in [6.45, 7) is 4.78. The van der Waals surface area contributed by atoms with E-state index >= 15 is 0 Å². The van der Waals surface area contributed by atoms with Crippen LogP contribution in [0.25, 0.3) is 0 Å². The number of nitrogens with zero attached hydrogens (tertiary/aromatic N) is 2. The van der Waals surface area contributed by atoms with Crippen molar-refractivity contribution in [2.75, 3.05) is 59.8 Å². The van der Waals surface area contributed by atoms with Crippen molar-refractivity contribution in [3.05, 3.63) is 12.2 Å². The van der Waals surface area contributed by atoms with Crippen molar-refractivity contribution in [1.82, 2.24) is 15.1 Å². The van der Waals surface area contributed by atoms with Crippen LogP contribution < -0.4 is 5.32 Å². The molecule has 0 bridgehead atoms. The van der Waals surface area contributed by atoms with Gasteiger partial charge in [-0.1, -0.05) is 0 Å². The molecule has 0 saturated carbocycles. The molecule has 1 atom stereocenters. The number of carbonyl (C=O) groups excluding carboxylic acids is 2. The minimum Gasteiger partial charge on any atom is -0.440 e. The van der Waals surface area contributed by atoms with Crippen LogP contribution in [0.2, 0.25) is 0 Å². The van der Waals surface area contributed by atoms with E-state index in [9.17, 15) is 9.59 Å². The number of hydrogen-bond acceptors (Lipinski definition) is 7. The Kier molecular flexibility index (Phi) is 7.47. The van der Waals surface area contributed by atoms with E-state index in [0.717, 1.165) is 13.1 Å². The zero-order valence-electron chi connectivity index (χ0n) is 13.5. The van der Waals surface area contributed by atoms with Gasteiger partial charge in [0.15, 0.2) is 0 Å². The molecule has 1 amide bonds. The molecule has 2 aliphatic heterocycles. The maximum absolute atomic E-state index is 12.2. The van der Waals surface area contributed by atoms with Gasteiger partial charge < -0.3 is 29.3 Å². The van der Waals surface area contributed by atoms with E-state index in [1.807, 2.05) is 7.05 Å². The number of piperazine rings is 1. The molecular formula is C15H25N3O5. The van der Waals surface area contributed by atoms with Gasteiger partial charge >= 0.3 is 6.09 Å². The standard InChI is InChI=1S/C15H25N3O5/c1-17-4-6-18(7-5-17)15(20)23-14(3-2-8-19)9-16-13-10-21-12-22-11-13/h2-3,8,13-14,16H,4-7,9-12H2,1H3. The number of amides is 1. The monoisotopic (exact) mass is 327 g/mol. The summed E-state index contributed by atoms with van der Waals surface area (Å²) in [7, 11) is 2.02. The minimum absolute atomic E-state index is 0.0539. The number of likely N-dealkylation sites (N-methyl/N-ethyl adjacent to an activating group) is 1. The van der Waals surface area contributed by atoms with E-state index in [-0.39, 0.29) is 12.1 Å². The first-order chi connectivity index (χ1) is 11.2. The summed E-state index contributed by atoms with van der Waals surface area (Å²) in [5, 5.41) is 3.22. The van der Waals surface area contributed by atoms with Gasteiger partial charge in [-0.25, -0.2) is 4.79 Å². The lowest BCUT2D eigenvalue weighted by molar-refractivity contribution is -0.113.